The molecule has 1 N–H and O–H groups in total. The van der Waals surface area contributed by atoms with Crippen molar-refractivity contribution in [2.75, 3.05) is 12.4 Å². The van der Waals surface area contributed by atoms with E-state index in [0.717, 1.165) is 0 Å². The molecule has 0 rings (SSSR count). The molecular weight excluding hydrogens is 281 g/mol. The summed E-state index contributed by atoms with van der Waals surface area (Å²) in [4.78, 5) is 0. The average Bonchev–Trinajstić information content (AvgIpc) is 1.37. The number of aliphatic hydroxyl groups excluding tert-OH is 1. The Morgan fingerprint density at radius 1 is 1.60 bits per heavy atom. The molecule has 0 saturated carbocycles. The van der Waals surface area contributed by atoms with E-state index in [9.17, 15) is 0 Å². The Morgan fingerprint density at radius 3 is 1.80 bits per heavy atom. The minimum atomic E-state index is 0. The SMILES string of the molecule is OCCS.[BiH3]. The van der Waals surface area contributed by atoms with E-state index in [0.29, 0.717) is 5.75 Å². The Morgan fingerprint density at radius 2 is 1.80 bits per heavy atom. The summed E-state index contributed by atoms with van der Waals surface area (Å²) in [6.45, 7) is 0.184. The Labute approximate surface area is 56.3 Å². The number of aliphatic hydroxyl groups is 1. The molecule has 0 bridgehead atoms. The van der Waals surface area contributed by atoms with Crippen LogP contribution in [0.15, 0.2) is 0 Å². The molecule has 0 saturated heterocycles. The third kappa shape index (κ3) is 11.0. The van der Waals surface area contributed by atoms with Gasteiger partial charge in [-0.3, -0.25) is 0 Å². The van der Waals surface area contributed by atoms with Gasteiger partial charge in [0.15, 0.2) is 0 Å². The minimum absolute atomic E-state index is 0. The van der Waals surface area contributed by atoms with E-state index in [2.05, 4.69) is 12.6 Å². The van der Waals surface area contributed by atoms with E-state index in [1.807, 2.05) is 0 Å². The predicted octanol–water partition coefficient (Wildman–Crippen LogP) is -1.28. The van der Waals surface area contributed by atoms with Crippen molar-refractivity contribution in [2.24, 2.45) is 0 Å². The average molecular weight is 290 g/mol. The van der Waals surface area contributed by atoms with Crippen molar-refractivity contribution >= 4 is 38.8 Å². The molecule has 0 aliphatic rings. The molecule has 0 aromatic carbocycles. The first-order valence-corrected chi connectivity index (χ1v) is 1.76. The summed E-state index contributed by atoms with van der Waals surface area (Å²) in [6.07, 6.45) is 0. The second kappa shape index (κ2) is 8.96. The molecule has 3 heteroatoms. The molecule has 0 fully saturated rings. The molecule has 5 heavy (non-hydrogen) atoms. The van der Waals surface area contributed by atoms with Gasteiger partial charge in [-0.15, -0.1) is 0 Å². The second-order valence-electron chi connectivity index (χ2n) is 0.447. The Kier molecular flexibility index (Phi) is 17.0. The first-order valence-electron chi connectivity index (χ1n) is 1.13. The summed E-state index contributed by atoms with van der Waals surface area (Å²) in [5.74, 6) is 0.569. The molecule has 1 nitrogen and oxygen atoms in total. The van der Waals surface area contributed by atoms with Gasteiger partial charge in [-0.2, -0.15) is 12.6 Å². The van der Waals surface area contributed by atoms with Crippen LogP contribution < -0.4 is 0 Å². The second-order valence-corrected chi connectivity index (χ2v) is 0.894. The van der Waals surface area contributed by atoms with Crippen LogP contribution in [0.4, 0.5) is 0 Å². The van der Waals surface area contributed by atoms with Crippen molar-refractivity contribution in [3.63, 3.8) is 0 Å². The number of rotatable bonds is 1. The van der Waals surface area contributed by atoms with Crippen LogP contribution in [0.1, 0.15) is 0 Å². The molecule has 0 spiro atoms. The Bertz CT molecular complexity index is 11.6. The summed E-state index contributed by atoms with van der Waals surface area (Å²) >= 11 is 3.67. The summed E-state index contributed by atoms with van der Waals surface area (Å²) in [5.41, 5.74) is 0. The summed E-state index contributed by atoms with van der Waals surface area (Å²) < 4.78 is 0. The zero-order chi connectivity index (χ0) is 3.41. The van der Waals surface area contributed by atoms with Crippen LogP contribution in [0, 0.1) is 0 Å². The van der Waals surface area contributed by atoms with Crippen LogP contribution in [-0.2, 0) is 0 Å². The molecule has 0 unspecified atom stereocenters. The molecule has 0 aromatic heterocycles. The van der Waals surface area contributed by atoms with Gasteiger partial charge in [0.1, 0.15) is 0 Å². The summed E-state index contributed by atoms with van der Waals surface area (Å²) in [5, 5.41) is 7.80. The van der Waals surface area contributed by atoms with Crippen molar-refractivity contribution in [3.8, 4) is 0 Å². The summed E-state index contributed by atoms with van der Waals surface area (Å²) in [6, 6.07) is 0. The van der Waals surface area contributed by atoms with Gasteiger partial charge in [-0.25, -0.2) is 0 Å². The third-order valence-corrected chi connectivity index (χ3v) is 0.300. The van der Waals surface area contributed by atoms with E-state index < -0.39 is 0 Å². The molecule has 0 radical (unpaired) electrons. The molecule has 34 valence electrons. The zero-order valence-electron chi connectivity index (χ0n) is 3.02. The van der Waals surface area contributed by atoms with E-state index in [1.165, 1.54) is 0 Å². The first-order chi connectivity index (χ1) is 1.91. The van der Waals surface area contributed by atoms with Gasteiger partial charge < -0.3 is 5.11 Å². The topological polar surface area (TPSA) is 20.2 Å². The number of hydrogen-bond donors (Lipinski definition) is 2. The Balaban J connectivity index is 0. The van der Waals surface area contributed by atoms with E-state index >= 15 is 0 Å². The molecule has 0 aliphatic heterocycles. The number of hydrogen-bond acceptors (Lipinski definition) is 2. The van der Waals surface area contributed by atoms with E-state index in [1.54, 1.807) is 0 Å². The molecule has 0 aliphatic carbocycles. The van der Waals surface area contributed by atoms with Crippen LogP contribution in [0.25, 0.3) is 0 Å². The maximum absolute atomic E-state index is 7.80. The molecule has 0 aromatic rings. The van der Waals surface area contributed by atoms with Gasteiger partial charge in [0.25, 0.3) is 0 Å². The zero-order valence-corrected chi connectivity index (χ0v) is 9.41. The van der Waals surface area contributed by atoms with E-state index in [-0.39, 0.29) is 32.8 Å². The maximum atomic E-state index is 7.80. The molecular formula is C2H9BiOS. The third-order valence-electron chi connectivity index (χ3n) is 0.1000. The van der Waals surface area contributed by atoms with Crippen molar-refractivity contribution in [1.82, 2.24) is 0 Å². The van der Waals surface area contributed by atoms with Crippen molar-refractivity contribution in [1.29, 1.82) is 0 Å². The van der Waals surface area contributed by atoms with Crippen LogP contribution in [0.3, 0.4) is 0 Å². The van der Waals surface area contributed by atoms with Crippen molar-refractivity contribution < 1.29 is 5.11 Å². The first kappa shape index (κ1) is 9.50. The summed E-state index contributed by atoms with van der Waals surface area (Å²) in [7, 11) is 0. The normalized spacial score (nSPS) is 6.00. The van der Waals surface area contributed by atoms with Crippen molar-refractivity contribution in [2.45, 2.75) is 0 Å². The quantitative estimate of drug-likeness (QED) is 0.455. The predicted molar refractivity (Wildman–Crippen MR) is 30.9 cm³/mol. The van der Waals surface area contributed by atoms with Gasteiger partial charge >= 0.3 is 26.2 Å². The monoisotopic (exact) mass is 290 g/mol. The van der Waals surface area contributed by atoms with Crippen molar-refractivity contribution in [3.05, 3.63) is 0 Å². The van der Waals surface area contributed by atoms with Gasteiger partial charge in [-0.05, 0) is 0 Å². The van der Waals surface area contributed by atoms with E-state index in [4.69, 9.17) is 5.11 Å². The van der Waals surface area contributed by atoms with Gasteiger partial charge in [0.2, 0.25) is 0 Å². The Hall–Kier alpha value is 1.19. The molecule has 0 heterocycles. The molecule has 0 atom stereocenters. The fourth-order valence-corrected chi connectivity index (χ4v) is 0. The fraction of sp³-hybridized carbons (Fsp3) is 1.00. The van der Waals surface area contributed by atoms with Gasteiger partial charge in [-0.1, -0.05) is 0 Å². The fourth-order valence-electron chi connectivity index (χ4n) is 0. The van der Waals surface area contributed by atoms with Crippen LogP contribution in [-0.4, -0.2) is 43.7 Å². The van der Waals surface area contributed by atoms with Gasteiger partial charge in [0, 0.05) is 5.75 Å². The standard InChI is InChI=1S/C2H6OS.Bi.3H/c3-1-2-4;;;;/h3-4H,1-2H2;;;;. The molecule has 0 amide bonds. The van der Waals surface area contributed by atoms with Crippen LogP contribution in [0.5, 0.6) is 0 Å². The van der Waals surface area contributed by atoms with Gasteiger partial charge in [0.05, 0.1) is 6.61 Å². The van der Waals surface area contributed by atoms with Crippen LogP contribution >= 0.6 is 12.6 Å². The van der Waals surface area contributed by atoms with Crippen LogP contribution in [0.2, 0.25) is 0 Å². The number of thiol groups is 1.